The Kier molecular flexibility index (Phi) is 8.90. The third-order valence-corrected chi connectivity index (χ3v) is 6.60. The monoisotopic (exact) mass is 435 g/mol. The molecule has 8 nitrogen and oxygen atoms in total. The van der Waals surface area contributed by atoms with Crippen molar-refractivity contribution in [2.75, 3.05) is 46.6 Å². The van der Waals surface area contributed by atoms with Crippen LogP contribution in [0, 0.1) is 5.92 Å². The summed E-state index contributed by atoms with van der Waals surface area (Å²) in [4.78, 5) is 42.7. The number of allylic oxidation sites excluding steroid dienone is 1. The molecule has 2 heterocycles. The summed E-state index contributed by atoms with van der Waals surface area (Å²) < 4.78 is 10.5. The Balaban J connectivity index is 1.72. The van der Waals surface area contributed by atoms with Crippen LogP contribution in [-0.2, 0) is 23.9 Å². The van der Waals surface area contributed by atoms with Crippen LogP contribution in [-0.4, -0.2) is 80.1 Å². The number of methoxy groups -OCH3 is 1. The fraction of sp³-hybridized carbons (Fsp3) is 0.783. The summed E-state index contributed by atoms with van der Waals surface area (Å²) in [6.45, 7) is 5.04. The molecule has 3 amide bonds. The first-order valence-electron chi connectivity index (χ1n) is 11.7. The molecule has 0 aromatic carbocycles. The van der Waals surface area contributed by atoms with E-state index in [1.54, 1.807) is 16.9 Å². The summed E-state index contributed by atoms with van der Waals surface area (Å²) in [5.41, 5.74) is 1.36. The molecule has 174 valence electrons. The van der Waals surface area contributed by atoms with E-state index >= 15 is 0 Å². The number of morpholine rings is 1. The molecule has 0 bridgehead atoms. The van der Waals surface area contributed by atoms with Crippen molar-refractivity contribution in [2.45, 2.75) is 64.3 Å². The lowest BCUT2D eigenvalue weighted by Gasteiger charge is -2.37. The van der Waals surface area contributed by atoms with E-state index in [4.69, 9.17) is 9.47 Å². The van der Waals surface area contributed by atoms with Crippen LogP contribution in [0.4, 0.5) is 0 Å². The van der Waals surface area contributed by atoms with Crippen LogP contribution in [0.25, 0.3) is 0 Å². The van der Waals surface area contributed by atoms with Crippen LogP contribution in [0.2, 0.25) is 0 Å². The third kappa shape index (κ3) is 6.29. The lowest BCUT2D eigenvalue weighted by molar-refractivity contribution is -0.139. The molecule has 31 heavy (non-hydrogen) atoms. The summed E-state index contributed by atoms with van der Waals surface area (Å²) in [6, 6.07) is 0.212. The van der Waals surface area contributed by atoms with E-state index < -0.39 is 5.92 Å². The van der Waals surface area contributed by atoms with Crippen LogP contribution < -0.4 is 5.32 Å². The van der Waals surface area contributed by atoms with Crippen molar-refractivity contribution in [3.05, 3.63) is 11.3 Å². The topological polar surface area (TPSA) is 88.2 Å². The molecule has 3 aliphatic rings. The second kappa shape index (κ2) is 11.6. The van der Waals surface area contributed by atoms with Crippen LogP contribution in [0.1, 0.15) is 58.3 Å². The molecule has 1 saturated carbocycles. The normalized spacial score (nSPS) is 23.3. The molecule has 1 N–H and O–H groups in total. The van der Waals surface area contributed by atoms with Crippen LogP contribution in [0.3, 0.4) is 0 Å². The maximum Gasteiger partial charge on any atom is 0.251 e. The Morgan fingerprint density at radius 2 is 1.87 bits per heavy atom. The summed E-state index contributed by atoms with van der Waals surface area (Å²) in [6.07, 6.45) is 6.64. The standard InChI is InChI=1S/C23H37N3O5/c1-17-20(23(29)25-10-13-31-14-11-25)15-18(22(28)26(17)9-6-12-30-2)16-21(27)24-19-7-4-3-5-8-19/h18-19H,3-16H2,1-2H3,(H,24,27). The van der Waals surface area contributed by atoms with Crippen LogP contribution >= 0.6 is 0 Å². The van der Waals surface area contributed by atoms with Crippen molar-refractivity contribution in [3.8, 4) is 0 Å². The Morgan fingerprint density at radius 3 is 2.55 bits per heavy atom. The number of rotatable bonds is 8. The highest BCUT2D eigenvalue weighted by Crippen LogP contribution is 2.31. The molecule has 1 unspecified atom stereocenters. The van der Waals surface area contributed by atoms with Gasteiger partial charge in [-0.15, -0.1) is 0 Å². The van der Waals surface area contributed by atoms with E-state index in [-0.39, 0.29) is 30.2 Å². The Hall–Kier alpha value is -1.93. The van der Waals surface area contributed by atoms with Gasteiger partial charge in [-0.1, -0.05) is 19.3 Å². The molecule has 0 radical (unpaired) electrons. The predicted octanol–water partition coefficient (Wildman–Crippen LogP) is 1.84. The highest BCUT2D eigenvalue weighted by Gasteiger charge is 2.37. The first kappa shape index (κ1) is 23.7. The van der Waals surface area contributed by atoms with Gasteiger partial charge in [0.2, 0.25) is 11.8 Å². The fourth-order valence-corrected chi connectivity index (χ4v) is 4.79. The van der Waals surface area contributed by atoms with E-state index in [9.17, 15) is 14.4 Å². The first-order valence-corrected chi connectivity index (χ1v) is 11.7. The van der Waals surface area contributed by atoms with E-state index in [1.807, 2.05) is 6.92 Å². The summed E-state index contributed by atoms with van der Waals surface area (Å²) in [5.74, 6) is -0.691. The summed E-state index contributed by atoms with van der Waals surface area (Å²) >= 11 is 0. The quantitative estimate of drug-likeness (QED) is 0.588. The molecule has 1 aliphatic carbocycles. The van der Waals surface area contributed by atoms with Gasteiger partial charge in [-0.2, -0.15) is 0 Å². The largest absolute Gasteiger partial charge is 0.385 e. The van der Waals surface area contributed by atoms with Crippen molar-refractivity contribution in [1.82, 2.24) is 15.1 Å². The Morgan fingerprint density at radius 1 is 1.16 bits per heavy atom. The van der Waals surface area contributed by atoms with Gasteiger partial charge in [-0.25, -0.2) is 0 Å². The van der Waals surface area contributed by atoms with Crippen molar-refractivity contribution in [3.63, 3.8) is 0 Å². The minimum absolute atomic E-state index is 0.0391. The maximum atomic E-state index is 13.2. The highest BCUT2D eigenvalue weighted by atomic mass is 16.5. The second-order valence-electron chi connectivity index (χ2n) is 8.81. The molecule has 1 saturated heterocycles. The van der Waals surface area contributed by atoms with Gasteiger partial charge in [0.25, 0.3) is 5.91 Å². The molecule has 0 spiro atoms. The van der Waals surface area contributed by atoms with E-state index in [0.29, 0.717) is 63.6 Å². The summed E-state index contributed by atoms with van der Waals surface area (Å²) in [5, 5.41) is 3.11. The molecular weight excluding hydrogens is 398 g/mol. The lowest BCUT2D eigenvalue weighted by atomic mass is 9.87. The second-order valence-corrected chi connectivity index (χ2v) is 8.81. The molecule has 8 heteroatoms. The Bertz CT molecular complexity index is 681. The zero-order valence-corrected chi connectivity index (χ0v) is 19.0. The average molecular weight is 436 g/mol. The average Bonchev–Trinajstić information content (AvgIpc) is 2.79. The van der Waals surface area contributed by atoms with Gasteiger partial charge in [0.05, 0.1) is 19.1 Å². The van der Waals surface area contributed by atoms with Crippen molar-refractivity contribution in [1.29, 1.82) is 0 Å². The number of nitrogens with zero attached hydrogens (tertiary/aromatic N) is 2. The number of hydrogen-bond acceptors (Lipinski definition) is 5. The molecule has 3 rings (SSSR count). The lowest BCUT2D eigenvalue weighted by Crippen LogP contribution is -2.47. The summed E-state index contributed by atoms with van der Waals surface area (Å²) in [7, 11) is 1.63. The predicted molar refractivity (Wildman–Crippen MR) is 116 cm³/mol. The van der Waals surface area contributed by atoms with Gasteiger partial charge < -0.3 is 24.6 Å². The zero-order chi connectivity index (χ0) is 22.2. The van der Waals surface area contributed by atoms with Crippen molar-refractivity contribution < 1.29 is 23.9 Å². The van der Waals surface area contributed by atoms with Gasteiger partial charge in [-0.05, 0) is 32.6 Å². The first-order chi connectivity index (χ1) is 15.0. The molecule has 2 fully saturated rings. The number of hydrogen-bond donors (Lipinski definition) is 1. The minimum Gasteiger partial charge on any atom is -0.385 e. The number of nitrogens with one attached hydrogen (secondary N) is 1. The van der Waals surface area contributed by atoms with Gasteiger partial charge in [0, 0.05) is 57.1 Å². The number of carbonyl (C=O) groups excluding carboxylic acids is 3. The van der Waals surface area contributed by atoms with Crippen LogP contribution in [0.15, 0.2) is 11.3 Å². The molecule has 2 aliphatic heterocycles. The molecular formula is C23H37N3O5. The van der Waals surface area contributed by atoms with Gasteiger partial charge in [0.1, 0.15) is 0 Å². The van der Waals surface area contributed by atoms with Crippen molar-refractivity contribution in [2.24, 2.45) is 5.92 Å². The third-order valence-electron chi connectivity index (χ3n) is 6.60. The Labute approximate surface area is 185 Å². The SMILES string of the molecule is COCCCN1C(=O)C(CC(=O)NC2CCCCC2)CC(C(=O)N2CCOCC2)=C1C. The number of ether oxygens (including phenoxy) is 2. The smallest absolute Gasteiger partial charge is 0.251 e. The molecule has 0 aromatic heterocycles. The van der Waals surface area contributed by atoms with E-state index in [2.05, 4.69) is 5.32 Å². The van der Waals surface area contributed by atoms with Gasteiger partial charge >= 0.3 is 0 Å². The zero-order valence-electron chi connectivity index (χ0n) is 19.0. The fourth-order valence-electron chi connectivity index (χ4n) is 4.79. The number of carbonyl (C=O) groups is 3. The van der Waals surface area contributed by atoms with Crippen LogP contribution in [0.5, 0.6) is 0 Å². The highest BCUT2D eigenvalue weighted by molar-refractivity contribution is 5.98. The maximum absolute atomic E-state index is 13.2. The van der Waals surface area contributed by atoms with Gasteiger partial charge in [0.15, 0.2) is 0 Å². The van der Waals surface area contributed by atoms with Crippen molar-refractivity contribution >= 4 is 17.7 Å². The number of amides is 3. The molecule has 0 aromatic rings. The van der Waals surface area contributed by atoms with E-state index in [0.717, 1.165) is 25.7 Å². The minimum atomic E-state index is -0.505. The van der Waals surface area contributed by atoms with E-state index in [1.165, 1.54) is 6.42 Å². The molecule has 1 atom stereocenters. The van der Waals surface area contributed by atoms with Gasteiger partial charge in [-0.3, -0.25) is 14.4 Å².